The van der Waals surface area contributed by atoms with Crippen molar-refractivity contribution in [2.24, 2.45) is 0 Å². The molecule has 27 heavy (non-hydrogen) atoms. The minimum absolute atomic E-state index is 0.0712. The fraction of sp³-hybridized carbons (Fsp3) is 0.444. The predicted octanol–water partition coefficient (Wildman–Crippen LogP) is 0.00280. The van der Waals surface area contributed by atoms with Gasteiger partial charge in [0.15, 0.2) is 0 Å². The number of carbonyl (C=O) groups is 1. The Kier molecular flexibility index (Phi) is 5.12. The fourth-order valence-corrected chi connectivity index (χ4v) is 3.18. The molecule has 2 fully saturated rings. The Bertz CT molecular complexity index is 800. The van der Waals surface area contributed by atoms with Crippen molar-refractivity contribution < 1.29 is 9.53 Å². The molecule has 9 nitrogen and oxygen atoms in total. The average molecular weight is 369 g/mol. The molecule has 0 unspecified atom stereocenters. The van der Waals surface area contributed by atoms with Crippen molar-refractivity contribution in [3.05, 3.63) is 30.1 Å². The zero-order valence-electron chi connectivity index (χ0n) is 15.1. The van der Waals surface area contributed by atoms with Gasteiger partial charge in [-0.1, -0.05) is 0 Å². The van der Waals surface area contributed by atoms with Gasteiger partial charge in [-0.15, -0.1) is 0 Å². The highest BCUT2D eigenvalue weighted by Gasteiger charge is 2.23. The van der Waals surface area contributed by atoms with Gasteiger partial charge in [-0.25, -0.2) is 15.0 Å². The summed E-state index contributed by atoms with van der Waals surface area (Å²) in [4.78, 5) is 30.3. The van der Waals surface area contributed by atoms with E-state index in [-0.39, 0.29) is 5.91 Å². The van der Waals surface area contributed by atoms with E-state index >= 15 is 0 Å². The van der Waals surface area contributed by atoms with Gasteiger partial charge in [-0.3, -0.25) is 4.79 Å². The molecule has 0 saturated carbocycles. The van der Waals surface area contributed by atoms with Crippen LogP contribution in [-0.2, 0) is 4.74 Å². The van der Waals surface area contributed by atoms with Gasteiger partial charge in [0, 0.05) is 51.0 Å². The number of aromatic nitrogens is 3. The molecule has 142 valence electrons. The largest absolute Gasteiger partial charge is 0.384 e. The monoisotopic (exact) mass is 369 g/mol. The van der Waals surface area contributed by atoms with Gasteiger partial charge in [0.25, 0.3) is 5.91 Å². The maximum atomic E-state index is 13.0. The molecule has 0 spiro atoms. The molecule has 3 N–H and O–H groups in total. The highest BCUT2D eigenvalue weighted by molar-refractivity contribution is 5.93. The summed E-state index contributed by atoms with van der Waals surface area (Å²) in [5.74, 6) is 0.919. The van der Waals surface area contributed by atoms with Crippen molar-refractivity contribution in [2.45, 2.75) is 0 Å². The first-order valence-electron chi connectivity index (χ1n) is 9.14. The predicted molar refractivity (Wildman–Crippen MR) is 101 cm³/mol. The number of nitrogens with two attached hydrogens (primary N) is 1. The summed E-state index contributed by atoms with van der Waals surface area (Å²) in [5, 5.41) is 3.26. The van der Waals surface area contributed by atoms with Gasteiger partial charge in [-0.05, 0) is 18.2 Å². The molecule has 1 amide bonds. The molecular formula is C18H23N7O2. The van der Waals surface area contributed by atoms with Crippen molar-refractivity contribution in [3.8, 4) is 11.3 Å². The summed E-state index contributed by atoms with van der Waals surface area (Å²) in [6.07, 6.45) is 1.67. The lowest BCUT2D eigenvalue weighted by Gasteiger charge is -2.29. The molecule has 2 aliphatic rings. The Morgan fingerprint density at radius 1 is 1.11 bits per heavy atom. The molecule has 4 rings (SSSR count). The number of nitrogens with one attached hydrogen (secondary N) is 1. The third-order valence-electron chi connectivity index (χ3n) is 4.71. The fourth-order valence-electron chi connectivity index (χ4n) is 3.18. The van der Waals surface area contributed by atoms with E-state index < -0.39 is 0 Å². The molecule has 2 aliphatic heterocycles. The van der Waals surface area contributed by atoms with Crippen LogP contribution in [-0.4, -0.2) is 78.2 Å². The van der Waals surface area contributed by atoms with Crippen LogP contribution in [0.4, 0.5) is 11.8 Å². The van der Waals surface area contributed by atoms with Gasteiger partial charge in [0.2, 0.25) is 5.95 Å². The van der Waals surface area contributed by atoms with E-state index in [0.29, 0.717) is 62.5 Å². The number of nitrogens with zero attached hydrogens (tertiary/aromatic N) is 5. The minimum atomic E-state index is -0.0712. The van der Waals surface area contributed by atoms with Crippen LogP contribution in [0.1, 0.15) is 10.5 Å². The van der Waals surface area contributed by atoms with Gasteiger partial charge in [-0.2, -0.15) is 0 Å². The number of anilines is 2. The van der Waals surface area contributed by atoms with E-state index in [1.165, 1.54) is 0 Å². The summed E-state index contributed by atoms with van der Waals surface area (Å²) < 4.78 is 5.42. The third-order valence-corrected chi connectivity index (χ3v) is 4.71. The van der Waals surface area contributed by atoms with Gasteiger partial charge < -0.3 is 25.6 Å². The molecule has 0 aliphatic carbocycles. The number of morpholine rings is 1. The van der Waals surface area contributed by atoms with Crippen LogP contribution in [0.15, 0.2) is 24.4 Å². The second-order valence-electron chi connectivity index (χ2n) is 6.55. The smallest absolute Gasteiger partial charge is 0.272 e. The van der Waals surface area contributed by atoms with Crippen LogP contribution in [0, 0.1) is 0 Å². The quantitative estimate of drug-likeness (QED) is 0.778. The Morgan fingerprint density at radius 3 is 2.59 bits per heavy atom. The number of ether oxygens (including phenoxy) is 1. The zero-order valence-corrected chi connectivity index (χ0v) is 15.1. The van der Waals surface area contributed by atoms with E-state index in [4.69, 9.17) is 10.5 Å². The summed E-state index contributed by atoms with van der Waals surface area (Å²) >= 11 is 0. The Hall–Kier alpha value is -2.78. The maximum Gasteiger partial charge on any atom is 0.272 e. The first kappa shape index (κ1) is 17.6. The van der Waals surface area contributed by atoms with Crippen LogP contribution in [0.3, 0.4) is 0 Å². The first-order chi connectivity index (χ1) is 13.2. The van der Waals surface area contributed by atoms with Crippen LogP contribution >= 0.6 is 0 Å². The number of rotatable bonds is 3. The third kappa shape index (κ3) is 3.99. The number of carbonyl (C=O) groups excluding carboxylic acids is 1. The summed E-state index contributed by atoms with van der Waals surface area (Å²) in [6, 6.07) is 5.32. The summed E-state index contributed by atoms with van der Waals surface area (Å²) in [5.41, 5.74) is 7.56. The van der Waals surface area contributed by atoms with E-state index in [9.17, 15) is 4.79 Å². The van der Waals surface area contributed by atoms with Crippen LogP contribution < -0.4 is 16.0 Å². The Labute approximate surface area is 157 Å². The molecule has 0 aromatic carbocycles. The molecule has 0 bridgehead atoms. The van der Waals surface area contributed by atoms with Gasteiger partial charge in [0.05, 0.1) is 18.9 Å². The van der Waals surface area contributed by atoms with Gasteiger partial charge >= 0.3 is 0 Å². The molecule has 4 heterocycles. The molecule has 9 heteroatoms. The van der Waals surface area contributed by atoms with E-state index in [2.05, 4.69) is 20.3 Å². The van der Waals surface area contributed by atoms with Crippen molar-refractivity contribution in [3.63, 3.8) is 0 Å². The Balaban J connectivity index is 1.71. The number of pyridine rings is 1. The number of nitrogen functional groups attached to an aromatic ring is 1. The molecular weight excluding hydrogens is 346 g/mol. The lowest BCUT2D eigenvalue weighted by atomic mass is 10.1. The average Bonchev–Trinajstić information content (AvgIpc) is 2.74. The molecule has 2 saturated heterocycles. The van der Waals surface area contributed by atoms with E-state index in [0.717, 1.165) is 18.7 Å². The number of amides is 1. The molecule has 0 atom stereocenters. The van der Waals surface area contributed by atoms with Gasteiger partial charge in [0.1, 0.15) is 11.5 Å². The summed E-state index contributed by atoms with van der Waals surface area (Å²) in [6.45, 7) is 5.58. The molecule has 0 radical (unpaired) electrons. The van der Waals surface area contributed by atoms with E-state index in [1.54, 1.807) is 18.3 Å². The standard InChI is InChI=1S/C18H23N7O2/c19-16-2-1-13(12-21-16)14-11-15(17(26)24-5-3-20-4-6-24)23-18(22-14)25-7-9-27-10-8-25/h1-2,11-12,20H,3-10H2,(H2,19,21). The van der Waals surface area contributed by atoms with Crippen LogP contribution in [0.25, 0.3) is 11.3 Å². The van der Waals surface area contributed by atoms with Crippen molar-refractivity contribution in [2.75, 3.05) is 63.1 Å². The first-order valence-corrected chi connectivity index (χ1v) is 9.14. The highest BCUT2D eigenvalue weighted by atomic mass is 16.5. The van der Waals surface area contributed by atoms with E-state index in [1.807, 2.05) is 15.9 Å². The minimum Gasteiger partial charge on any atom is -0.384 e. The number of hydrogen-bond donors (Lipinski definition) is 2. The molecule has 2 aromatic heterocycles. The Morgan fingerprint density at radius 2 is 1.89 bits per heavy atom. The van der Waals surface area contributed by atoms with Crippen LogP contribution in [0.5, 0.6) is 0 Å². The number of hydrogen-bond acceptors (Lipinski definition) is 8. The van der Waals surface area contributed by atoms with Crippen molar-refractivity contribution >= 4 is 17.7 Å². The van der Waals surface area contributed by atoms with Crippen molar-refractivity contribution in [1.82, 2.24) is 25.2 Å². The second-order valence-corrected chi connectivity index (χ2v) is 6.55. The van der Waals surface area contributed by atoms with Crippen LogP contribution in [0.2, 0.25) is 0 Å². The SMILES string of the molecule is Nc1ccc(-c2cc(C(=O)N3CCNCC3)nc(N3CCOCC3)n2)cn1. The lowest BCUT2D eigenvalue weighted by molar-refractivity contribution is 0.0729. The highest BCUT2D eigenvalue weighted by Crippen LogP contribution is 2.22. The zero-order chi connectivity index (χ0) is 18.6. The number of piperazine rings is 1. The lowest BCUT2D eigenvalue weighted by Crippen LogP contribution is -2.46. The second kappa shape index (κ2) is 7.85. The molecule has 2 aromatic rings. The maximum absolute atomic E-state index is 13.0. The summed E-state index contributed by atoms with van der Waals surface area (Å²) in [7, 11) is 0. The normalized spacial score (nSPS) is 17.8. The topological polar surface area (TPSA) is 110 Å². The van der Waals surface area contributed by atoms with Crippen molar-refractivity contribution in [1.29, 1.82) is 0 Å².